The van der Waals surface area contributed by atoms with Gasteiger partial charge in [-0.05, 0) is 19.4 Å². The summed E-state index contributed by atoms with van der Waals surface area (Å²) in [5.41, 5.74) is 1.14. The van der Waals surface area contributed by atoms with Crippen molar-refractivity contribution in [2.45, 2.75) is 13.8 Å². The van der Waals surface area contributed by atoms with Gasteiger partial charge in [0.1, 0.15) is 22.3 Å². The van der Waals surface area contributed by atoms with Crippen LogP contribution in [0.15, 0.2) is 47.8 Å². The van der Waals surface area contributed by atoms with E-state index in [0.717, 1.165) is 32.0 Å². The van der Waals surface area contributed by atoms with Crippen molar-refractivity contribution in [2.75, 3.05) is 49.5 Å². The van der Waals surface area contributed by atoms with Crippen LogP contribution in [0.2, 0.25) is 0 Å². The number of aliphatic hydroxyl groups excluding tert-OH is 1. The summed E-state index contributed by atoms with van der Waals surface area (Å²) in [5.74, 6) is 1.74. The van der Waals surface area contributed by atoms with E-state index in [4.69, 9.17) is 16.7 Å². The van der Waals surface area contributed by atoms with Gasteiger partial charge in [0.05, 0.1) is 23.5 Å². The van der Waals surface area contributed by atoms with E-state index in [9.17, 15) is 4.79 Å². The number of carbonyl (C=O) groups excluding carboxylic acids is 1. The average molecular weight is 490 g/mol. The van der Waals surface area contributed by atoms with Crippen LogP contribution < -0.4 is 15.5 Å². The van der Waals surface area contributed by atoms with Crippen LogP contribution in [0, 0.1) is 6.92 Å². The maximum absolute atomic E-state index is 12.6. The second-order valence-corrected chi connectivity index (χ2v) is 8.97. The number of nitrogens with one attached hydrogen (secondary N) is 2. The molecule has 1 fully saturated rings. The summed E-state index contributed by atoms with van der Waals surface area (Å²) in [6.45, 7) is 15.3. The number of rotatable bonds is 9. The maximum atomic E-state index is 12.6. The Balaban J connectivity index is 1.69. The lowest BCUT2D eigenvalue weighted by Gasteiger charge is -2.35. The number of anilines is 3. The molecule has 3 N–H and O–H groups in total. The van der Waals surface area contributed by atoms with Gasteiger partial charge >= 0.3 is 0 Å². The number of nitrogens with zero attached hydrogens (tertiary/aromatic N) is 5. The molecule has 11 heteroatoms. The van der Waals surface area contributed by atoms with Gasteiger partial charge in [0.15, 0.2) is 5.13 Å². The molecule has 33 heavy (non-hydrogen) atoms. The zero-order valence-corrected chi connectivity index (χ0v) is 20.3. The molecule has 0 atom stereocenters. The van der Waals surface area contributed by atoms with Gasteiger partial charge in [-0.3, -0.25) is 9.69 Å². The number of aryl methyl sites for hydroxylation is 1. The number of aliphatic hydroxyl groups is 1. The third-order valence-corrected chi connectivity index (χ3v) is 6.21. The molecule has 1 aliphatic rings. The second kappa shape index (κ2) is 11.4. The molecule has 1 amide bonds. The highest BCUT2D eigenvalue weighted by atomic mass is 35.5. The molecule has 0 aromatic carbocycles. The van der Waals surface area contributed by atoms with Crippen molar-refractivity contribution in [1.82, 2.24) is 25.2 Å². The molecule has 1 aliphatic heterocycles. The minimum absolute atomic E-state index is 0.167. The van der Waals surface area contributed by atoms with E-state index < -0.39 is 0 Å². The van der Waals surface area contributed by atoms with Gasteiger partial charge in [-0.25, -0.2) is 15.0 Å². The Morgan fingerprint density at radius 1 is 1.33 bits per heavy atom. The fraction of sp³-hybridized carbons (Fsp3) is 0.364. The molecule has 3 rings (SSSR count). The largest absolute Gasteiger partial charge is 0.395 e. The number of piperazine rings is 1. The van der Waals surface area contributed by atoms with E-state index in [2.05, 4.69) is 48.5 Å². The van der Waals surface area contributed by atoms with E-state index in [1.807, 2.05) is 13.0 Å². The topological polar surface area (TPSA) is 107 Å². The van der Waals surface area contributed by atoms with Gasteiger partial charge in [-0.2, -0.15) is 0 Å². The van der Waals surface area contributed by atoms with Crippen molar-refractivity contribution in [3.05, 3.63) is 58.5 Å². The fourth-order valence-electron chi connectivity index (χ4n) is 3.32. The Kier molecular flexibility index (Phi) is 8.56. The number of hydrogen-bond acceptors (Lipinski definition) is 9. The van der Waals surface area contributed by atoms with Crippen LogP contribution in [0.5, 0.6) is 0 Å². The lowest BCUT2D eigenvalue weighted by atomic mass is 10.2. The number of aromatic nitrogens is 3. The molecular formula is C22H28ClN7O2S. The second-order valence-electron chi connectivity index (χ2n) is 7.49. The van der Waals surface area contributed by atoms with E-state index in [1.165, 1.54) is 17.5 Å². The molecule has 0 bridgehead atoms. The minimum Gasteiger partial charge on any atom is -0.395 e. The molecule has 3 heterocycles. The number of thiazole rings is 1. The highest BCUT2D eigenvalue weighted by Crippen LogP contribution is 2.25. The molecule has 0 spiro atoms. The highest BCUT2D eigenvalue weighted by Gasteiger charge is 2.19. The van der Waals surface area contributed by atoms with E-state index >= 15 is 0 Å². The van der Waals surface area contributed by atoms with Crippen molar-refractivity contribution in [3.63, 3.8) is 0 Å². The molecular weight excluding hydrogens is 462 g/mol. The first kappa shape index (κ1) is 24.8. The van der Waals surface area contributed by atoms with Crippen LogP contribution in [0.1, 0.15) is 22.4 Å². The summed E-state index contributed by atoms with van der Waals surface area (Å²) < 4.78 is 0. The third kappa shape index (κ3) is 6.61. The maximum Gasteiger partial charge on any atom is 0.267 e. The first-order valence-electron chi connectivity index (χ1n) is 10.5. The summed E-state index contributed by atoms with van der Waals surface area (Å²) in [6, 6.07) is 1.88. The summed E-state index contributed by atoms with van der Waals surface area (Å²) in [5, 5.41) is 15.8. The van der Waals surface area contributed by atoms with Crippen LogP contribution >= 0.6 is 22.9 Å². The van der Waals surface area contributed by atoms with Crippen molar-refractivity contribution in [3.8, 4) is 0 Å². The number of amides is 1. The normalized spacial score (nSPS) is 15.1. The van der Waals surface area contributed by atoms with Crippen molar-refractivity contribution in [2.24, 2.45) is 0 Å². The molecule has 176 valence electrons. The standard InChI is InChI=1S/C22H28ClN7O2S/c1-5-14(2)20(15(3)23)28-21(32)17-13-24-22(33-17)27-18-12-19(26-16(4)25-18)30-8-6-29(7-9-30)10-11-31/h5,12-13,31H,1,3,6-11H2,2,4H3,(H,28,32)(H,24,25,26,27)/b20-14+. The Labute approximate surface area is 202 Å². The van der Waals surface area contributed by atoms with Gasteiger partial charge < -0.3 is 20.6 Å². The summed E-state index contributed by atoms with van der Waals surface area (Å²) in [4.78, 5) is 30.8. The summed E-state index contributed by atoms with van der Waals surface area (Å²) >= 11 is 7.21. The Morgan fingerprint density at radius 2 is 2.06 bits per heavy atom. The fourth-order valence-corrected chi connectivity index (χ4v) is 4.24. The Hall–Kier alpha value is -2.79. The first-order valence-corrected chi connectivity index (χ1v) is 11.7. The third-order valence-electron chi connectivity index (χ3n) is 5.11. The van der Waals surface area contributed by atoms with Crippen molar-refractivity contribution in [1.29, 1.82) is 0 Å². The number of halogens is 1. The molecule has 9 nitrogen and oxygen atoms in total. The van der Waals surface area contributed by atoms with Crippen LogP contribution in [0.3, 0.4) is 0 Å². The molecule has 0 radical (unpaired) electrons. The van der Waals surface area contributed by atoms with Gasteiger partial charge in [0, 0.05) is 38.8 Å². The molecule has 0 aliphatic carbocycles. The molecule has 1 saturated heterocycles. The number of allylic oxidation sites excluding steroid dienone is 3. The van der Waals surface area contributed by atoms with Crippen LogP contribution in [0.25, 0.3) is 0 Å². The van der Waals surface area contributed by atoms with Crippen LogP contribution in [-0.2, 0) is 0 Å². The Morgan fingerprint density at radius 3 is 2.70 bits per heavy atom. The van der Waals surface area contributed by atoms with Gasteiger partial charge in [0.25, 0.3) is 5.91 Å². The Bertz CT molecular complexity index is 1060. The SMILES string of the molecule is C=C/C(C)=C(/NC(=O)c1cnc(Nc2cc(N3CCN(CCO)CC3)nc(C)n2)s1)C(=C)Cl. The summed E-state index contributed by atoms with van der Waals surface area (Å²) in [6.07, 6.45) is 3.10. The van der Waals surface area contributed by atoms with Gasteiger partial charge in [-0.1, -0.05) is 42.2 Å². The van der Waals surface area contributed by atoms with Crippen LogP contribution in [0.4, 0.5) is 16.8 Å². The van der Waals surface area contributed by atoms with Crippen molar-refractivity contribution >= 4 is 45.6 Å². The summed E-state index contributed by atoms with van der Waals surface area (Å²) in [7, 11) is 0. The van der Waals surface area contributed by atoms with Gasteiger partial charge in [-0.15, -0.1) is 0 Å². The predicted octanol–water partition coefficient (Wildman–Crippen LogP) is 3.04. The monoisotopic (exact) mass is 489 g/mol. The number of hydrogen-bond donors (Lipinski definition) is 3. The number of carbonyl (C=O) groups is 1. The van der Waals surface area contributed by atoms with E-state index in [0.29, 0.717) is 39.5 Å². The first-order chi connectivity index (χ1) is 15.8. The molecule has 0 unspecified atom stereocenters. The highest BCUT2D eigenvalue weighted by molar-refractivity contribution is 7.17. The zero-order chi connectivity index (χ0) is 24.0. The molecule has 2 aromatic heterocycles. The lowest BCUT2D eigenvalue weighted by Crippen LogP contribution is -2.47. The van der Waals surface area contributed by atoms with Crippen LogP contribution in [-0.4, -0.2) is 70.2 Å². The lowest BCUT2D eigenvalue weighted by molar-refractivity contribution is 0.0970. The van der Waals surface area contributed by atoms with E-state index in [1.54, 1.807) is 13.0 Å². The molecule has 0 saturated carbocycles. The predicted molar refractivity (Wildman–Crippen MR) is 133 cm³/mol. The quantitative estimate of drug-likeness (QED) is 0.461. The molecule has 2 aromatic rings. The smallest absolute Gasteiger partial charge is 0.267 e. The zero-order valence-electron chi connectivity index (χ0n) is 18.8. The minimum atomic E-state index is -0.334. The average Bonchev–Trinajstić information content (AvgIpc) is 3.25. The van der Waals surface area contributed by atoms with Crippen molar-refractivity contribution < 1.29 is 9.90 Å². The number of β-amino-alcohol motifs (C(OH)–C–C–N with tert-alkyl or cyclic N) is 1. The van der Waals surface area contributed by atoms with Gasteiger partial charge in [0.2, 0.25) is 0 Å². The van der Waals surface area contributed by atoms with E-state index in [-0.39, 0.29) is 17.5 Å².